The minimum absolute atomic E-state index is 0.0259. The van der Waals surface area contributed by atoms with Gasteiger partial charge in [0, 0.05) is 36.6 Å². The Bertz CT molecular complexity index is 1780. The second-order valence-corrected chi connectivity index (χ2v) is 17.7. The molecule has 0 aromatic carbocycles. The molecule has 1 saturated heterocycles. The van der Waals surface area contributed by atoms with E-state index in [9.17, 15) is 57.9 Å². The number of anilines is 1. The van der Waals surface area contributed by atoms with E-state index in [2.05, 4.69) is 34.4 Å². The number of ether oxygens (including phenoxy) is 1. The second-order valence-electron chi connectivity index (χ2n) is 12.3. The number of fused-ring (bicyclic) bond motifs is 1. The molecule has 3 rings (SSSR count). The molecule has 1 fully saturated rings. The first-order valence-electron chi connectivity index (χ1n) is 15.6. The fourth-order valence-corrected chi connectivity index (χ4v) is 8.09. The van der Waals surface area contributed by atoms with Crippen molar-refractivity contribution in [2.45, 2.75) is 57.8 Å². The summed E-state index contributed by atoms with van der Waals surface area (Å²) in [6.45, 7) is 1.62. The Kier molecular flexibility index (Phi) is 16.2. The van der Waals surface area contributed by atoms with E-state index < -0.39 is 90.5 Å². The minimum atomic E-state index is -5.57. The first kappa shape index (κ1) is 45.9. The third-order valence-electron chi connectivity index (χ3n) is 7.42. The lowest BCUT2D eigenvalue weighted by Gasteiger charge is -2.30. The minimum Gasteiger partial charge on any atom is -0.396 e. The van der Waals surface area contributed by atoms with Crippen molar-refractivity contribution in [1.29, 1.82) is 0 Å². The third-order valence-corrected chi connectivity index (χ3v) is 11.6. The molecule has 3 heterocycles. The summed E-state index contributed by atoms with van der Waals surface area (Å²) in [7, 11) is -16.4. The highest BCUT2D eigenvalue weighted by Gasteiger charge is 2.50. The Morgan fingerprint density at radius 3 is 2.39 bits per heavy atom. The number of aliphatic hydroxyl groups is 3. The average Bonchev–Trinajstić information content (AvgIpc) is 3.64. The van der Waals surface area contributed by atoms with Crippen LogP contribution in [0.4, 0.5) is 5.82 Å². The molecule has 2 aromatic heterocycles. The van der Waals surface area contributed by atoms with Crippen LogP contribution in [-0.4, -0.2) is 134 Å². The number of nitrogens with two attached hydrogens (primary N) is 1. The molecule has 1 aliphatic heterocycles. The number of thioether (sulfide) groups is 1. The summed E-state index contributed by atoms with van der Waals surface area (Å²) < 4.78 is 61.9. The van der Waals surface area contributed by atoms with Crippen molar-refractivity contribution in [2.24, 2.45) is 11.3 Å². The maximum atomic E-state index is 12.6. The van der Waals surface area contributed by atoms with E-state index in [1.807, 2.05) is 0 Å². The van der Waals surface area contributed by atoms with Gasteiger partial charge in [-0.1, -0.05) is 32.5 Å². The quantitative estimate of drug-likeness (QED) is 0.0494. The SMILES string of the molecule is C[C@@H](CO)C(=O)SCCNC(=O)CCNC(=O)[C@H](O)C(C)(C)COP(=O)(O)OP(=O)(O)OC[C@H]1O[C@@H](n2cnc3c(N)ncnc32)[C@H](O)[C@@H]1OP(=O)(O)O. The maximum Gasteiger partial charge on any atom is 0.481 e. The highest BCUT2D eigenvalue weighted by atomic mass is 32.2. The molecule has 0 bridgehead atoms. The summed E-state index contributed by atoms with van der Waals surface area (Å²) in [5.74, 6) is -1.80. The van der Waals surface area contributed by atoms with Crippen LogP contribution in [0.2, 0.25) is 0 Å². The largest absolute Gasteiger partial charge is 0.481 e. The number of aromatic nitrogens is 4. The highest BCUT2D eigenvalue weighted by molar-refractivity contribution is 8.13. The van der Waals surface area contributed by atoms with Gasteiger partial charge in [0.15, 0.2) is 22.8 Å². The van der Waals surface area contributed by atoms with Gasteiger partial charge >= 0.3 is 23.5 Å². The zero-order chi connectivity index (χ0) is 40.6. The summed E-state index contributed by atoms with van der Waals surface area (Å²) in [6.07, 6.45) is -6.99. The lowest BCUT2D eigenvalue weighted by molar-refractivity contribution is -0.137. The number of rotatable bonds is 21. The van der Waals surface area contributed by atoms with Crippen molar-refractivity contribution in [3.05, 3.63) is 12.7 Å². The van der Waals surface area contributed by atoms with Gasteiger partial charge in [0.05, 0.1) is 26.1 Å². The smallest absolute Gasteiger partial charge is 0.396 e. The number of carbonyl (C=O) groups is 3. The van der Waals surface area contributed by atoms with Crippen LogP contribution in [0.3, 0.4) is 0 Å². The van der Waals surface area contributed by atoms with Crippen LogP contribution < -0.4 is 16.4 Å². The molecule has 306 valence electrons. The van der Waals surface area contributed by atoms with Crippen LogP contribution in [0, 0.1) is 11.3 Å². The van der Waals surface area contributed by atoms with E-state index in [0.717, 1.165) is 29.0 Å². The molecule has 2 aromatic rings. The zero-order valence-electron chi connectivity index (χ0n) is 28.8. The second kappa shape index (κ2) is 19.1. The molecule has 29 heteroatoms. The monoisotopic (exact) mass is 853 g/mol. The van der Waals surface area contributed by atoms with Crippen molar-refractivity contribution >= 4 is 69.1 Å². The van der Waals surface area contributed by atoms with Crippen LogP contribution in [0.15, 0.2) is 12.7 Å². The van der Waals surface area contributed by atoms with Gasteiger partial charge in [-0.05, 0) is 0 Å². The molecule has 2 unspecified atom stereocenters. The van der Waals surface area contributed by atoms with Gasteiger partial charge in [0.25, 0.3) is 0 Å². The van der Waals surface area contributed by atoms with Gasteiger partial charge in [0.2, 0.25) is 11.8 Å². The molecule has 8 atom stereocenters. The molecule has 54 heavy (non-hydrogen) atoms. The lowest BCUT2D eigenvalue weighted by atomic mass is 9.87. The predicted octanol–water partition coefficient (Wildman–Crippen LogP) is -1.71. The van der Waals surface area contributed by atoms with Crippen LogP contribution in [0.25, 0.3) is 11.2 Å². The van der Waals surface area contributed by atoms with Crippen LogP contribution in [-0.2, 0) is 50.7 Å². The van der Waals surface area contributed by atoms with Gasteiger partial charge in [-0.25, -0.2) is 28.6 Å². The van der Waals surface area contributed by atoms with E-state index in [1.165, 1.54) is 13.8 Å². The fourth-order valence-electron chi connectivity index (χ4n) is 4.50. The van der Waals surface area contributed by atoms with E-state index in [4.69, 9.17) is 24.6 Å². The first-order chi connectivity index (χ1) is 25.0. The molecule has 0 saturated carbocycles. The number of phosphoric ester groups is 3. The predicted molar refractivity (Wildman–Crippen MR) is 183 cm³/mol. The third kappa shape index (κ3) is 13.3. The lowest BCUT2D eigenvalue weighted by Crippen LogP contribution is -2.46. The maximum absolute atomic E-state index is 12.6. The molecule has 25 nitrogen and oxygen atoms in total. The van der Waals surface area contributed by atoms with E-state index in [0.29, 0.717) is 0 Å². The average molecular weight is 854 g/mol. The number of hydrogen-bond acceptors (Lipinski definition) is 19. The molecule has 0 radical (unpaired) electrons. The number of phosphoric acid groups is 3. The van der Waals surface area contributed by atoms with Gasteiger partial charge < -0.3 is 56.0 Å². The number of carbonyl (C=O) groups excluding carboxylic acids is 3. The molecule has 0 aliphatic carbocycles. The van der Waals surface area contributed by atoms with Gasteiger partial charge in [-0.15, -0.1) is 0 Å². The number of aliphatic hydroxyl groups excluding tert-OH is 3. The summed E-state index contributed by atoms with van der Waals surface area (Å²) in [6, 6.07) is 0. The molecular formula is C25H42N7O18P3S. The van der Waals surface area contributed by atoms with E-state index in [-0.39, 0.29) is 54.0 Å². The summed E-state index contributed by atoms with van der Waals surface area (Å²) in [4.78, 5) is 87.0. The van der Waals surface area contributed by atoms with Crippen LogP contribution in [0.1, 0.15) is 33.4 Å². The fraction of sp³-hybridized carbons (Fsp3) is 0.680. The van der Waals surface area contributed by atoms with Crippen LogP contribution >= 0.6 is 35.2 Å². The summed E-state index contributed by atoms with van der Waals surface area (Å²) in [5.41, 5.74) is 4.23. The molecule has 2 amide bonds. The number of nitrogens with one attached hydrogen (secondary N) is 2. The highest BCUT2D eigenvalue weighted by Crippen LogP contribution is 2.61. The summed E-state index contributed by atoms with van der Waals surface area (Å²) >= 11 is 0.943. The number of imidazole rings is 1. The molecule has 11 N–H and O–H groups in total. The van der Waals surface area contributed by atoms with E-state index in [1.54, 1.807) is 6.92 Å². The van der Waals surface area contributed by atoms with Crippen molar-refractivity contribution in [3.8, 4) is 0 Å². The van der Waals surface area contributed by atoms with Gasteiger partial charge in [-0.2, -0.15) is 4.31 Å². The number of nitrogens with zero attached hydrogens (tertiary/aromatic N) is 4. The van der Waals surface area contributed by atoms with Crippen molar-refractivity contribution in [3.63, 3.8) is 0 Å². The Balaban J connectivity index is 1.51. The molecule has 0 spiro atoms. The first-order valence-corrected chi connectivity index (χ1v) is 21.1. The molecule has 1 aliphatic rings. The topological polar surface area (TPSA) is 384 Å². The Morgan fingerprint density at radius 2 is 1.74 bits per heavy atom. The van der Waals surface area contributed by atoms with Crippen molar-refractivity contribution < 1.29 is 85.6 Å². The van der Waals surface area contributed by atoms with Gasteiger partial charge in [0.1, 0.15) is 36.3 Å². The normalized spacial score (nSPS) is 22.6. The Hall–Kier alpha value is -2.48. The number of amides is 2. The zero-order valence-corrected chi connectivity index (χ0v) is 32.3. The number of hydrogen-bond donors (Lipinski definition) is 10. The standard InChI is InChI=1S/C25H42N7O18P3S/c1-13(8-33)24(38)54-7-6-27-15(34)4-5-28-22(37)19(36)25(2,3)10-47-53(44,45)50-52(42,43)46-9-14-18(49-51(39,40)41)17(35)23(48-14)32-12-31-16-20(26)29-11-30-21(16)32/h11-14,17-19,23,33,35-36H,4-10H2,1-3H3,(H,27,34)(H,28,37)(H,42,43)(H,44,45)(H2,26,29,30)(H2,39,40,41)/t13-,14+,17+,18+,19-,23+/m0/s1. The van der Waals surface area contributed by atoms with E-state index >= 15 is 0 Å². The van der Waals surface area contributed by atoms with Crippen LogP contribution in [0.5, 0.6) is 0 Å². The molecular weight excluding hydrogens is 811 g/mol. The van der Waals surface area contributed by atoms with Crippen molar-refractivity contribution in [2.75, 3.05) is 44.4 Å². The Labute approximate surface area is 310 Å². The van der Waals surface area contributed by atoms with Crippen molar-refractivity contribution in [1.82, 2.24) is 30.2 Å². The number of nitrogen functional groups attached to an aromatic ring is 1. The Morgan fingerprint density at radius 1 is 1.07 bits per heavy atom. The van der Waals surface area contributed by atoms with Gasteiger partial charge in [-0.3, -0.25) is 32.5 Å². The summed E-state index contributed by atoms with van der Waals surface area (Å²) in [5, 5.41) is 35.0.